The molecule has 3 aromatic rings. The number of halogens is 4. The molecular formula is C24H21F4N3O3. The van der Waals surface area contributed by atoms with Gasteiger partial charge in [-0.1, -0.05) is 6.42 Å². The summed E-state index contributed by atoms with van der Waals surface area (Å²) in [4.78, 5) is 26.0. The van der Waals surface area contributed by atoms with Crippen LogP contribution in [-0.2, 0) is 0 Å². The number of hydrogen-bond donors (Lipinski definition) is 2. The number of rotatable bonds is 4. The lowest BCUT2D eigenvalue weighted by molar-refractivity contribution is 0.0695. The van der Waals surface area contributed by atoms with E-state index in [0.717, 1.165) is 48.2 Å². The number of hydrogen-bond acceptors (Lipinski definition) is 4. The van der Waals surface area contributed by atoms with Gasteiger partial charge in [0.15, 0.2) is 5.82 Å². The van der Waals surface area contributed by atoms with Gasteiger partial charge in [0, 0.05) is 30.8 Å². The van der Waals surface area contributed by atoms with Crippen LogP contribution >= 0.6 is 0 Å². The molecule has 2 atom stereocenters. The van der Waals surface area contributed by atoms with Gasteiger partial charge < -0.3 is 20.3 Å². The van der Waals surface area contributed by atoms with E-state index in [1.807, 2.05) is 0 Å². The largest absolute Gasteiger partial charge is 0.477 e. The van der Waals surface area contributed by atoms with Crippen LogP contribution in [0.2, 0.25) is 0 Å². The first-order chi connectivity index (χ1) is 16.2. The molecule has 0 bridgehead atoms. The second kappa shape index (κ2) is 7.83. The number of nitrogens with zero attached hydrogens (tertiary/aromatic N) is 2. The second-order valence-corrected chi connectivity index (χ2v) is 9.10. The molecule has 1 aromatic heterocycles. The van der Waals surface area contributed by atoms with E-state index in [9.17, 15) is 23.5 Å². The number of carboxylic acid groups (broad SMARTS) is 1. The highest BCUT2D eigenvalue weighted by Crippen LogP contribution is 2.50. The van der Waals surface area contributed by atoms with Crippen LogP contribution in [-0.4, -0.2) is 35.3 Å². The highest BCUT2D eigenvalue weighted by molar-refractivity contribution is 5.94. The molecule has 2 aromatic carbocycles. The monoisotopic (exact) mass is 475 g/mol. The zero-order valence-corrected chi connectivity index (χ0v) is 18.0. The van der Waals surface area contributed by atoms with Crippen molar-refractivity contribution in [2.45, 2.75) is 19.3 Å². The molecule has 0 radical (unpaired) electrons. The number of aromatic carboxylic acids is 1. The predicted molar refractivity (Wildman–Crippen MR) is 117 cm³/mol. The van der Waals surface area contributed by atoms with Gasteiger partial charge in [0.2, 0.25) is 5.43 Å². The first-order valence-electron chi connectivity index (χ1n) is 10.9. The Kier molecular flexibility index (Phi) is 5.16. The Morgan fingerprint density at radius 2 is 1.94 bits per heavy atom. The smallest absolute Gasteiger partial charge is 0.341 e. The standard InChI is InChI=1S/C24H21F4N3O3/c25-13-3-4-18(16(26)6-13)31-9-15(23(33)34)22(32)14-7-17(27)21(19(28)20(14)31)30-8-12-2-1-5-24(12,10-29)11-30/h3-4,6-7,9,12H,1-2,5,8,10-11,29H2,(H,33,34)/t12-,24-/m1/s1. The van der Waals surface area contributed by atoms with Crippen molar-refractivity contribution in [2.24, 2.45) is 17.1 Å². The number of fused-ring (bicyclic) bond motifs is 2. The Hall–Kier alpha value is -3.40. The van der Waals surface area contributed by atoms with Crippen molar-refractivity contribution in [2.75, 3.05) is 24.5 Å². The first-order valence-corrected chi connectivity index (χ1v) is 10.9. The Labute approximate surface area is 191 Å². The average molecular weight is 475 g/mol. The molecule has 0 spiro atoms. The van der Waals surface area contributed by atoms with Crippen LogP contribution in [0.4, 0.5) is 23.2 Å². The van der Waals surface area contributed by atoms with E-state index in [-0.39, 0.29) is 22.7 Å². The van der Waals surface area contributed by atoms with E-state index in [2.05, 4.69) is 0 Å². The van der Waals surface area contributed by atoms with Gasteiger partial charge in [-0.2, -0.15) is 0 Å². The minimum atomic E-state index is -1.65. The number of carboxylic acids is 1. The molecule has 3 N–H and O–H groups in total. The molecule has 178 valence electrons. The van der Waals surface area contributed by atoms with Gasteiger partial charge in [0.1, 0.15) is 28.7 Å². The lowest BCUT2D eigenvalue weighted by Crippen LogP contribution is -2.35. The number of nitrogens with two attached hydrogens (primary N) is 1. The number of aromatic nitrogens is 1. The maximum atomic E-state index is 16.0. The van der Waals surface area contributed by atoms with E-state index < -0.39 is 51.1 Å². The Morgan fingerprint density at radius 1 is 1.18 bits per heavy atom. The second-order valence-electron chi connectivity index (χ2n) is 9.10. The highest BCUT2D eigenvalue weighted by atomic mass is 19.1. The van der Waals surface area contributed by atoms with E-state index >= 15 is 8.78 Å². The zero-order valence-electron chi connectivity index (χ0n) is 18.0. The summed E-state index contributed by atoms with van der Waals surface area (Å²) in [5.41, 5.74) is 2.59. The van der Waals surface area contributed by atoms with Crippen LogP contribution in [0.5, 0.6) is 0 Å². The minimum absolute atomic E-state index is 0.165. The van der Waals surface area contributed by atoms with E-state index in [0.29, 0.717) is 25.7 Å². The third-order valence-electron chi connectivity index (χ3n) is 7.32. The number of carbonyl (C=O) groups is 1. The molecule has 34 heavy (non-hydrogen) atoms. The van der Waals surface area contributed by atoms with Crippen molar-refractivity contribution in [1.29, 1.82) is 0 Å². The molecule has 6 nitrogen and oxygen atoms in total. The summed E-state index contributed by atoms with van der Waals surface area (Å²) in [6.07, 6.45) is 3.49. The van der Waals surface area contributed by atoms with Crippen molar-refractivity contribution >= 4 is 22.6 Å². The molecule has 2 fully saturated rings. The normalized spacial score (nSPS) is 21.9. The van der Waals surface area contributed by atoms with Gasteiger partial charge in [-0.3, -0.25) is 4.79 Å². The van der Waals surface area contributed by atoms with Gasteiger partial charge >= 0.3 is 5.97 Å². The van der Waals surface area contributed by atoms with Crippen LogP contribution in [0, 0.1) is 34.6 Å². The van der Waals surface area contributed by atoms with Crippen molar-refractivity contribution in [3.63, 3.8) is 0 Å². The minimum Gasteiger partial charge on any atom is -0.477 e. The Bertz CT molecular complexity index is 1410. The third-order valence-corrected chi connectivity index (χ3v) is 7.32. The maximum absolute atomic E-state index is 16.0. The van der Waals surface area contributed by atoms with Crippen molar-refractivity contribution in [1.82, 2.24) is 4.57 Å². The molecule has 1 aliphatic carbocycles. The quantitative estimate of drug-likeness (QED) is 0.561. The van der Waals surface area contributed by atoms with Gasteiger partial charge in [0.25, 0.3) is 0 Å². The van der Waals surface area contributed by atoms with Crippen LogP contribution < -0.4 is 16.1 Å². The van der Waals surface area contributed by atoms with Gasteiger partial charge in [0.05, 0.1) is 16.6 Å². The van der Waals surface area contributed by atoms with Crippen molar-refractivity contribution in [3.05, 3.63) is 69.5 Å². The SMILES string of the molecule is NC[C@@]12CCC[C@@H]1CN(c1c(F)cc3c(=O)c(C(=O)O)cn(-c4ccc(F)cc4F)c3c1F)C2. The average Bonchev–Trinajstić information content (AvgIpc) is 3.32. The van der Waals surface area contributed by atoms with Gasteiger partial charge in [-0.15, -0.1) is 0 Å². The molecule has 2 aliphatic rings. The summed E-state index contributed by atoms with van der Waals surface area (Å²) < 4.78 is 60.3. The Balaban J connectivity index is 1.79. The molecule has 1 saturated heterocycles. The zero-order chi connectivity index (χ0) is 24.4. The summed E-state index contributed by atoms with van der Waals surface area (Å²) in [6.45, 7) is 1.08. The predicted octanol–water partition coefficient (Wildman–Crippen LogP) is 3.81. The van der Waals surface area contributed by atoms with E-state index in [1.54, 1.807) is 4.90 Å². The van der Waals surface area contributed by atoms with E-state index in [4.69, 9.17) is 5.73 Å². The summed E-state index contributed by atoms with van der Waals surface area (Å²) in [7, 11) is 0. The molecule has 1 aliphatic heterocycles. The fraction of sp³-hybridized carbons (Fsp3) is 0.333. The molecule has 5 rings (SSSR count). The van der Waals surface area contributed by atoms with Crippen LogP contribution in [0.3, 0.4) is 0 Å². The summed E-state index contributed by atoms with van der Waals surface area (Å²) in [5, 5.41) is 8.89. The van der Waals surface area contributed by atoms with Crippen LogP contribution in [0.1, 0.15) is 29.6 Å². The lowest BCUT2D eigenvalue weighted by atomic mass is 9.81. The molecule has 0 amide bonds. The molecular weight excluding hydrogens is 454 g/mol. The van der Waals surface area contributed by atoms with Crippen LogP contribution in [0.15, 0.2) is 35.3 Å². The molecule has 0 unspecified atom stereocenters. The fourth-order valence-corrected chi connectivity index (χ4v) is 5.63. The lowest BCUT2D eigenvalue weighted by Gasteiger charge is -2.28. The fourth-order valence-electron chi connectivity index (χ4n) is 5.63. The van der Waals surface area contributed by atoms with Gasteiger partial charge in [-0.25, -0.2) is 22.4 Å². The molecule has 1 saturated carbocycles. The number of pyridine rings is 1. The van der Waals surface area contributed by atoms with Crippen molar-refractivity contribution in [3.8, 4) is 5.69 Å². The number of anilines is 1. The van der Waals surface area contributed by atoms with Crippen LogP contribution in [0.25, 0.3) is 16.6 Å². The summed E-state index contributed by atoms with van der Waals surface area (Å²) in [6, 6.07) is 3.24. The third kappa shape index (κ3) is 3.19. The summed E-state index contributed by atoms with van der Waals surface area (Å²) >= 11 is 0. The van der Waals surface area contributed by atoms with Crippen molar-refractivity contribution < 1.29 is 27.5 Å². The van der Waals surface area contributed by atoms with E-state index in [1.165, 1.54) is 0 Å². The molecule has 2 heterocycles. The topological polar surface area (TPSA) is 88.6 Å². The first kappa shape index (κ1) is 22.4. The Morgan fingerprint density at radius 3 is 2.59 bits per heavy atom. The molecule has 10 heteroatoms. The summed E-state index contributed by atoms with van der Waals surface area (Å²) in [5.74, 6) is -5.64. The number of benzene rings is 2. The highest BCUT2D eigenvalue weighted by Gasteiger charge is 2.49. The van der Waals surface area contributed by atoms with Gasteiger partial charge in [-0.05, 0) is 43.5 Å². The maximum Gasteiger partial charge on any atom is 0.341 e.